The zero-order valence-corrected chi connectivity index (χ0v) is 29.6. The van der Waals surface area contributed by atoms with Gasteiger partial charge in [-0.1, -0.05) is 182 Å². The van der Waals surface area contributed by atoms with Crippen LogP contribution in [0.5, 0.6) is 0 Å². The van der Waals surface area contributed by atoms with Crippen LogP contribution in [0.3, 0.4) is 0 Å². The quantitative estimate of drug-likeness (QED) is 0.184. The van der Waals surface area contributed by atoms with Crippen LogP contribution in [0.2, 0.25) is 0 Å². The number of carbonyl (C=O) groups is 2. The van der Waals surface area contributed by atoms with Gasteiger partial charge in [0.15, 0.2) is 0 Å². The minimum absolute atomic E-state index is 0. The molecule has 45 heavy (non-hydrogen) atoms. The maximum absolute atomic E-state index is 8.00. The van der Waals surface area contributed by atoms with Crippen molar-refractivity contribution in [1.29, 1.82) is 0 Å². The van der Waals surface area contributed by atoms with E-state index in [1.54, 1.807) is 0 Å². The Kier molecular flexibility index (Phi) is 23.2. The van der Waals surface area contributed by atoms with E-state index in [9.17, 15) is 0 Å². The molecule has 0 radical (unpaired) electrons. The van der Waals surface area contributed by atoms with E-state index in [0.29, 0.717) is 0 Å². The van der Waals surface area contributed by atoms with E-state index in [0.717, 1.165) is 0 Å². The predicted octanol–water partition coefficient (Wildman–Crippen LogP) is 0.525. The molecule has 7 heteroatoms. The van der Waals surface area contributed by atoms with Gasteiger partial charge >= 0.3 is 19.5 Å². The van der Waals surface area contributed by atoms with Gasteiger partial charge in [0, 0.05) is 0 Å². The minimum atomic E-state index is -0.446. The summed E-state index contributed by atoms with van der Waals surface area (Å²) in [6.45, 7) is 4.00. The van der Waals surface area contributed by atoms with Crippen molar-refractivity contribution in [2.75, 3.05) is 0 Å². The number of carbonyl (C=O) groups excluding carboxylic acids is 2. The number of benzene rings is 6. The molecule has 0 aliphatic heterocycles. The summed E-state index contributed by atoms with van der Waals surface area (Å²) < 4.78 is 0. The number of halogens is 2. The fourth-order valence-corrected chi connectivity index (χ4v) is 8.97. The van der Waals surface area contributed by atoms with Crippen LogP contribution in [0.15, 0.2) is 182 Å². The molecule has 0 aliphatic carbocycles. The molecule has 230 valence electrons. The molecular weight excluding hydrogens is 722 g/mol. The first-order valence-electron chi connectivity index (χ1n) is 13.4. The Morgan fingerprint density at radius 1 is 0.267 bits per heavy atom. The normalized spacial score (nSPS) is 9.11. The standard InChI is InChI=1S/2C18H15P.2CH2O.2ClH.Ru/c2*1-4-10-16(11-5-1)19(17-12-6-2-7-13-17)18-14-8-3-9-15-18;2*1-2;;;/h2*1-15H;2*1H2;2*1H;/q;;;;;;+2/p-2. The monoisotopic (exact) mass is 756 g/mol. The summed E-state index contributed by atoms with van der Waals surface area (Å²) in [4.78, 5) is 16.0. The first-order valence-corrected chi connectivity index (χ1v) is 16.1. The SMILES string of the molecule is C=O.C=O.[Cl-].[Cl-].[Ru+2].c1ccc(P(c2ccccc2)c2ccccc2)cc1.c1ccc(P(c2ccccc2)c2ccccc2)cc1. The van der Waals surface area contributed by atoms with Gasteiger partial charge in [-0.2, -0.15) is 0 Å². The van der Waals surface area contributed by atoms with Crippen LogP contribution >= 0.6 is 15.8 Å². The van der Waals surface area contributed by atoms with Crippen molar-refractivity contribution in [2.45, 2.75) is 0 Å². The average molecular weight is 757 g/mol. The summed E-state index contributed by atoms with van der Waals surface area (Å²) >= 11 is 0. The predicted molar refractivity (Wildman–Crippen MR) is 185 cm³/mol. The molecular formula is C38H34Cl2O2P2Ru. The van der Waals surface area contributed by atoms with E-state index in [-0.39, 0.29) is 44.3 Å². The van der Waals surface area contributed by atoms with Crippen LogP contribution in [0, 0.1) is 0 Å². The Morgan fingerprint density at radius 3 is 0.489 bits per heavy atom. The number of hydrogen-bond donors (Lipinski definition) is 0. The molecule has 0 saturated heterocycles. The van der Waals surface area contributed by atoms with E-state index in [1.165, 1.54) is 31.8 Å². The maximum atomic E-state index is 8.00. The van der Waals surface area contributed by atoms with Crippen LogP contribution < -0.4 is 56.6 Å². The third-order valence-electron chi connectivity index (χ3n) is 6.09. The van der Waals surface area contributed by atoms with Gasteiger partial charge in [0.05, 0.1) is 0 Å². The zero-order chi connectivity index (χ0) is 29.8. The average Bonchev–Trinajstić information content (AvgIpc) is 3.10. The van der Waals surface area contributed by atoms with Crippen LogP contribution in [-0.2, 0) is 29.1 Å². The van der Waals surface area contributed by atoms with Crippen molar-refractivity contribution in [3.8, 4) is 0 Å². The van der Waals surface area contributed by atoms with Crippen molar-refractivity contribution in [3.63, 3.8) is 0 Å². The summed E-state index contributed by atoms with van der Waals surface area (Å²) in [7, 11) is -0.892. The molecule has 0 saturated carbocycles. The van der Waals surface area contributed by atoms with Crippen LogP contribution in [0.4, 0.5) is 0 Å². The molecule has 0 spiro atoms. The third kappa shape index (κ3) is 12.9. The van der Waals surface area contributed by atoms with Crippen molar-refractivity contribution < 1.29 is 53.9 Å². The molecule has 0 aromatic heterocycles. The van der Waals surface area contributed by atoms with E-state index in [1.807, 2.05) is 13.6 Å². The fourth-order valence-electron chi connectivity index (χ4n) is 4.36. The van der Waals surface area contributed by atoms with E-state index in [4.69, 9.17) is 9.59 Å². The van der Waals surface area contributed by atoms with Gasteiger partial charge in [0.25, 0.3) is 0 Å². The molecule has 0 amide bonds. The van der Waals surface area contributed by atoms with Gasteiger partial charge in [0.2, 0.25) is 0 Å². The van der Waals surface area contributed by atoms with Gasteiger partial charge in [-0.15, -0.1) is 0 Å². The molecule has 0 aliphatic rings. The number of rotatable bonds is 6. The molecule has 0 bridgehead atoms. The molecule has 0 unspecified atom stereocenters. The summed E-state index contributed by atoms with van der Waals surface area (Å²) in [6, 6.07) is 64.7. The smallest absolute Gasteiger partial charge is 1.00 e. The Hall–Kier alpha value is -3.28. The molecule has 6 aromatic carbocycles. The summed E-state index contributed by atoms with van der Waals surface area (Å²) in [6.07, 6.45) is 0. The van der Waals surface area contributed by atoms with Gasteiger partial charge in [-0.3, -0.25) is 0 Å². The molecule has 0 atom stereocenters. The Balaban J connectivity index is 0.000000731. The summed E-state index contributed by atoms with van der Waals surface area (Å²) in [5.74, 6) is 0. The van der Waals surface area contributed by atoms with Crippen molar-refractivity contribution in [3.05, 3.63) is 182 Å². The topological polar surface area (TPSA) is 34.1 Å². The molecule has 6 rings (SSSR count). The first-order chi connectivity index (χ1) is 20.9. The van der Waals surface area contributed by atoms with Gasteiger partial charge in [-0.25, -0.2) is 0 Å². The second-order valence-electron chi connectivity index (χ2n) is 8.68. The minimum Gasteiger partial charge on any atom is -1.00 e. The Morgan fingerprint density at radius 2 is 0.378 bits per heavy atom. The van der Waals surface area contributed by atoms with Crippen molar-refractivity contribution >= 4 is 61.2 Å². The van der Waals surface area contributed by atoms with Gasteiger partial charge < -0.3 is 34.4 Å². The van der Waals surface area contributed by atoms with Crippen molar-refractivity contribution in [2.24, 2.45) is 0 Å². The first kappa shape index (κ1) is 41.7. The largest absolute Gasteiger partial charge is 2.00 e. The van der Waals surface area contributed by atoms with Crippen LogP contribution in [0.25, 0.3) is 0 Å². The summed E-state index contributed by atoms with van der Waals surface area (Å²) in [5, 5.41) is 8.39. The van der Waals surface area contributed by atoms with Crippen LogP contribution in [0.1, 0.15) is 0 Å². The third-order valence-corrected chi connectivity index (χ3v) is 11.0. The molecule has 2 nitrogen and oxygen atoms in total. The Labute approximate surface area is 295 Å². The van der Waals surface area contributed by atoms with Crippen LogP contribution in [-0.4, -0.2) is 13.6 Å². The van der Waals surface area contributed by atoms with Crippen molar-refractivity contribution in [1.82, 2.24) is 0 Å². The second-order valence-corrected chi connectivity index (χ2v) is 13.1. The van der Waals surface area contributed by atoms with E-state index >= 15 is 0 Å². The molecule has 0 N–H and O–H groups in total. The maximum Gasteiger partial charge on any atom is 2.00 e. The molecule has 6 aromatic rings. The fraction of sp³-hybridized carbons (Fsp3) is 0. The summed E-state index contributed by atoms with van der Waals surface area (Å²) in [5.41, 5.74) is 0. The van der Waals surface area contributed by atoms with E-state index in [2.05, 4.69) is 182 Å². The molecule has 0 fully saturated rings. The van der Waals surface area contributed by atoms with E-state index < -0.39 is 15.8 Å². The molecule has 0 heterocycles. The zero-order valence-electron chi connectivity index (χ0n) is 24.6. The Bertz CT molecular complexity index is 1230. The van der Waals surface area contributed by atoms with Gasteiger partial charge in [0.1, 0.15) is 13.6 Å². The second kappa shape index (κ2) is 25.0. The van der Waals surface area contributed by atoms with Gasteiger partial charge in [-0.05, 0) is 47.7 Å². The number of hydrogen-bond acceptors (Lipinski definition) is 2.